The zero-order valence-corrected chi connectivity index (χ0v) is 27.2. The molecule has 2 aromatic carbocycles. The van der Waals surface area contributed by atoms with Gasteiger partial charge in [-0.3, -0.25) is 0 Å². The van der Waals surface area contributed by atoms with Gasteiger partial charge in [0.2, 0.25) is 0 Å². The largest absolute Gasteiger partial charge is 1.00 e. The van der Waals surface area contributed by atoms with Crippen LogP contribution in [0.1, 0.15) is 63.5 Å². The van der Waals surface area contributed by atoms with Crippen LogP contribution in [0.3, 0.4) is 0 Å². The third-order valence-electron chi connectivity index (χ3n) is 5.60. The topological polar surface area (TPSA) is 24.9 Å². The molecule has 2 aliphatic rings. The first kappa shape index (κ1) is 34.4. The average Bonchev–Trinajstić information content (AvgIpc) is 3.59. The van der Waals surface area contributed by atoms with Crippen LogP contribution in [0.15, 0.2) is 48.5 Å². The monoisotopic (exact) mass is 690 g/mol. The van der Waals surface area contributed by atoms with E-state index in [1.54, 1.807) is 0 Å². The number of hydrogen-bond donors (Lipinski definition) is 0. The fourth-order valence-electron chi connectivity index (χ4n) is 3.79. The summed E-state index contributed by atoms with van der Waals surface area (Å²) in [4.78, 5) is 0. The third-order valence-corrected chi connectivity index (χ3v) is 10.7. The van der Waals surface area contributed by atoms with Crippen LogP contribution in [0, 0.1) is 13.8 Å². The predicted molar refractivity (Wildman–Crippen MR) is 138 cm³/mol. The van der Waals surface area contributed by atoms with Crippen molar-refractivity contribution in [3.05, 3.63) is 59.7 Å². The van der Waals surface area contributed by atoms with Gasteiger partial charge in [-0.15, -0.1) is 0 Å². The minimum absolute atomic E-state index is 0. The van der Waals surface area contributed by atoms with Crippen molar-refractivity contribution in [2.75, 3.05) is 45.3 Å². The van der Waals surface area contributed by atoms with Crippen molar-refractivity contribution in [2.45, 2.75) is 66.2 Å². The van der Waals surface area contributed by atoms with E-state index in [2.05, 4.69) is 82.0 Å². The molecule has 7 heteroatoms. The molecule has 4 rings (SSSR count). The van der Waals surface area contributed by atoms with Crippen molar-refractivity contribution >= 4 is 11.4 Å². The minimum Gasteiger partial charge on any atom is -1.00 e. The summed E-state index contributed by atoms with van der Waals surface area (Å²) in [5.41, 5.74) is 5.67. The summed E-state index contributed by atoms with van der Waals surface area (Å²) < 4.78 is 15.3. The Labute approximate surface area is 239 Å². The first-order valence-electron chi connectivity index (χ1n) is 12.8. The van der Waals surface area contributed by atoms with Gasteiger partial charge >= 0.3 is 154 Å². The Morgan fingerprint density at radius 2 is 0.971 bits per heavy atom. The van der Waals surface area contributed by atoms with Gasteiger partial charge in [-0.05, 0) is 25.7 Å². The van der Waals surface area contributed by atoms with E-state index in [-0.39, 0.29) is 24.8 Å². The minimum atomic E-state index is -1.15. The van der Waals surface area contributed by atoms with Crippen LogP contribution in [0.4, 0.5) is 11.4 Å². The van der Waals surface area contributed by atoms with Crippen molar-refractivity contribution in [3.8, 4) is 0 Å². The van der Waals surface area contributed by atoms with Gasteiger partial charge in [0, 0.05) is 26.4 Å². The molecule has 0 bridgehead atoms. The van der Waals surface area contributed by atoms with Gasteiger partial charge < -0.3 is 34.3 Å². The Balaban J connectivity index is 0.000000793. The van der Waals surface area contributed by atoms with Crippen molar-refractivity contribution < 1.29 is 57.8 Å². The summed E-state index contributed by atoms with van der Waals surface area (Å²) >= 11 is -1.15. The maximum absolute atomic E-state index is 4.94. The molecule has 35 heavy (non-hydrogen) atoms. The third kappa shape index (κ3) is 13.5. The van der Waals surface area contributed by atoms with Gasteiger partial charge in [-0.1, -0.05) is 0 Å². The van der Waals surface area contributed by atoms with E-state index < -0.39 is 23.5 Å². The molecule has 0 saturated carbocycles. The molecule has 0 radical (unpaired) electrons. The fourth-order valence-corrected chi connectivity index (χ4v) is 9.74. The Bertz CT molecular complexity index is 695. The quantitative estimate of drug-likeness (QED) is 0.386. The number of ether oxygens (including phenoxy) is 2. The van der Waals surface area contributed by atoms with Crippen LogP contribution >= 0.6 is 0 Å². The number of benzene rings is 2. The van der Waals surface area contributed by atoms with Crippen LogP contribution < -0.4 is 30.6 Å². The summed E-state index contributed by atoms with van der Waals surface area (Å²) in [6.07, 6.45) is 7.52. The molecule has 2 saturated heterocycles. The molecule has 0 aliphatic carbocycles. The van der Waals surface area contributed by atoms with Gasteiger partial charge in [-0.25, -0.2) is 0 Å². The second kappa shape index (κ2) is 21.5. The van der Waals surface area contributed by atoms with Crippen molar-refractivity contribution in [1.82, 2.24) is 0 Å². The van der Waals surface area contributed by atoms with Gasteiger partial charge in [0.15, 0.2) is 0 Å². The molecular formula is C28H44Cl2HfN2O2. The predicted octanol–water partition coefficient (Wildman–Crippen LogP) is 0.951. The van der Waals surface area contributed by atoms with Crippen LogP contribution in [-0.2, 0) is 33.0 Å². The van der Waals surface area contributed by atoms with Gasteiger partial charge in [0.05, 0.1) is 0 Å². The van der Waals surface area contributed by atoms with E-state index in [1.165, 1.54) is 74.1 Å². The Morgan fingerprint density at radius 1 is 0.629 bits per heavy atom. The molecule has 2 aliphatic heterocycles. The molecule has 2 aromatic rings. The van der Waals surface area contributed by atoms with Gasteiger partial charge in [0.1, 0.15) is 0 Å². The molecule has 0 amide bonds. The van der Waals surface area contributed by atoms with Crippen molar-refractivity contribution in [2.24, 2.45) is 0 Å². The summed E-state index contributed by atoms with van der Waals surface area (Å²) in [6, 6.07) is 17.7. The summed E-state index contributed by atoms with van der Waals surface area (Å²) in [6.45, 7) is 15.4. The number of anilines is 2. The molecule has 0 spiro atoms. The molecule has 4 nitrogen and oxygen atoms in total. The van der Waals surface area contributed by atoms with Gasteiger partial charge in [-0.2, -0.15) is 0 Å². The SMILES string of the molecule is C1CCOC1.C1CCOC1.CCC[N]([Hf+2][N](CCC)c1ccccc1C)c1ccccc1C.[Cl-].[Cl-]. The number of para-hydroxylation sites is 2. The van der Waals surface area contributed by atoms with E-state index in [0.717, 1.165) is 26.4 Å². The smallest absolute Gasteiger partial charge is 1.00 e. The van der Waals surface area contributed by atoms with E-state index in [9.17, 15) is 0 Å². The van der Waals surface area contributed by atoms with Crippen LogP contribution in [0.2, 0.25) is 0 Å². The second-order valence-corrected chi connectivity index (χ2v) is 13.2. The molecule has 2 heterocycles. The number of rotatable bonds is 8. The number of hydrogen-bond acceptors (Lipinski definition) is 4. The maximum atomic E-state index is 4.94. The first-order valence-corrected chi connectivity index (χ1v) is 16.0. The van der Waals surface area contributed by atoms with E-state index in [0.29, 0.717) is 0 Å². The van der Waals surface area contributed by atoms with Crippen molar-refractivity contribution in [3.63, 3.8) is 0 Å². The second-order valence-electron chi connectivity index (χ2n) is 8.62. The Morgan fingerprint density at radius 3 is 1.23 bits per heavy atom. The summed E-state index contributed by atoms with van der Waals surface area (Å²) in [5, 5.41) is 0. The van der Waals surface area contributed by atoms with E-state index in [1.807, 2.05) is 0 Å². The van der Waals surface area contributed by atoms with E-state index >= 15 is 0 Å². The molecule has 0 atom stereocenters. The fraction of sp³-hybridized carbons (Fsp3) is 0.571. The zero-order chi connectivity index (χ0) is 23.7. The first-order chi connectivity index (χ1) is 16.2. The summed E-state index contributed by atoms with van der Waals surface area (Å²) in [7, 11) is 0. The molecule has 0 aromatic heterocycles. The zero-order valence-electron chi connectivity index (χ0n) is 22.1. The maximum Gasteiger partial charge on any atom is -1.00 e. The average molecular weight is 690 g/mol. The number of halogens is 2. The summed E-state index contributed by atoms with van der Waals surface area (Å²) in [5.74, 6) is 0. The molecule has 0 unspecified atom stereocenters. The van der Waals surface area contributed by atoms with Crippen molar-refractivity contribution in [1.29, 1.82) is 0 Å². The van der Waals surface area contributed by atoms with Crippen LogP contribution in [0.5, 0.6) is 0 Å². The van der Waals surface area contributed by atoms with Crippen LogP contribution in [0.25, 0.3) is 0 Å². The Hall–Kier alpha value is -0.590. The number of aryl methyl sites for hydroxylation is 2. The molecule has 2 fully saturated rings. The van der Waals surface area contributed by atoms with E-state index in [4.69, 9.17) is 9.47 Å². The molecule has 0 N–H and O–H groups in total. The van der Waals surface area contributed by atoms with Crippen LogP contribution in [-0.4, -0.2) is 39.5 Å². The normalized spacial score (nSPS) is 13.6. The standard InChI is InChI=1S/2C10H14N.2C4H8O.2ClH.Hf/c2*1-3-8-11-10-7-5-4-6-9(10)2;2*1-2-4-5-3-1;;;/h2*4-7H,3,8H2,1-2H3;2*1-4H2;2*1H;/q2*-1;;;;;+4/p-2. The molecule has 196 valence electrons. The molecular weight excluding hydrogens is 646 g/mol. The Kier molecular flexibility index (Phi) is 21.1. The van der Waals surface area contributed by atoms with Gasteiger partial charge in [0.25, 0.3) is 0 Å². The number of nitrogens with zero attached hydrogens (tertiary/aromatic N) is 2.